The van der Waals surface area contributed by atoms with E-state index in [0.717, 1.165) is 11.4 Å². The number of nitrogens with one attached hydrogen (secondary N) is 1. The van der Waals surface area contributed by atoms with Crippen molar-refractivity contribution in [3.63, 3.8) is 0 Å². The summed E-state index contributed by atoms with van der Waals surface area (Å²) in [6.07, 6.45) is -3.49. The molecule has 0 atom stereocenters. The zero-order valence-corrected chi connectivity index (χ0v) is 10.2. The Morgan fingerprint density at radius 2 is 2.11 bits per heavy atom. The van der Waals surface area contributed by atoms with Crippen LogP contribution >= 0.6 is 0 Å². The van der Waals surface area contributed by atoms with Gasteiger partial charge in [-0.25, -0.2) is 9.50 Å². The lowest BCUT2D eigenvalue weighted by molar-refractivity contribution is -0.173. The number of alkyl halides is 3. The van der Waals surface area contributed by atoms with Crippen molar-refractivity contribution >= 4 is 11.6 Å². The average Bonchev–Trinajstić information content (AvgIpc) is 2.67. The Bertz CT molecular complexity index is 633. The van der Waals surface area contributed by atoms with Gasteiger partial charge in [0.25, 0.3) is 0 Å². The Hall–Kier alpha value is -2.12. The Morgan fingerprint density at radius 3 is 2.74 bits per heavy atom. The van der Waals surface area contributed by atoms with E-state index in [-0.39, 0.29) is 6.54 Å². The molecule has 5 nitrogen and oxygen atoms in total. The lowest BCUT2D eigenvalue weighted by Crippen LogP contribution is -2.36. The number of carbonyl (C=O) groups excluding carboxylic acids is 1. The number of aromatic nitrogens is 3. The predicted molar refractivity (Wildman–Crippen MR) is 60.4 cm³/mol. The first-order chi connectivity index (χ1) is 8.79. The van der Waals surface area contributed by atoms with Crippen molar-refractivity contribution in [3.8, 4) is 0 Å². The number of carbonyl (C=O) groups is 1. The van der Waals surface area contributed by atoms with Crippen molar-refractivity contribution in [3.05, 3.63) is 29.2 Å². The highest BCUT2D eigenvalue weighted by atomic mass is 19.4. The van der Waals surface area contributed by atoms with Gasteiger partial charge in [-0.15, -0.1) is 0 Å². The van der Waals surface area contributed by atoms with Crippen molar-refractivity contribution in [1.29, 1.82) is 0 Å². The molecular weight excluding hydrogens is 261 g/mol. The van der Waals surface area contributed by atoms with Crippen LogP contribution in [0.15, 0.2) is 12.3 Å². The second-order valence-electron chi connectivity index (χ2n) is 4.12. The summed E-state index contributed by atoms with van der Waals surface area (Å²) in [5.41, 5.74) is 2.43. The van der Waals surface area contributed by atoms with Crippen molar-refractivity contribution in [2.75, 3.05) is 0 Å². The number of amides is 1. The molecule has 2 heterocycles. The predicted octanol–water partition coefficient (Wildman–Crippen LogP) is 1.52. The SMILES string of the molecule is Cc1cc(C)n2ncc(CNC(=O)C(F)(F)F)c2n1. The first-order valence-corrected chi connectivity index (χ1v) is 5.45. The number of aryl methyl sites for hydroxylation is 2. The van der Waals surface area contributed by atoms with Gasteiger partial charge in [0.1, 0.15) is 0 Å². The van der Waals surface area contributed by atoms with Crippen LogP contribution < -0.4 is 5.32 Å². The summed E-state index contributed by atoms with van der Waals surface area (Å²) in [4.78, 5) is 15.0. The normalized spacial score (nSPS) is 11.8. The van der Waals surface area contributed by atoms with Crippen LogP contribution in [-0.2, 0) is 11.3 Å². The van der Waals surface area contributed by atoms with Crippen LogP contribution in [-0.4, -0.2) is 26.7 Å². The Labute approximate surface area is 106 Å². The minimum atomic E-state index is -4.89. The van der Waals surface area contributed by atoms with Gasteiger partial charge in [0.2, 0.25) is 0 Å². The molecule has 0 saturated carbocycles. The molecule has 0 aromatic carbocycles. The third-order valence-corrected chi connectivity index (χ3v) is 2.55. The van der Waals surface area contributed by atoms with E-state index in [2.05, 4.69) is 10.1 Å². The van der Waals surface area contributed by atoms with Crippen molar-refractivity contribution in [2.24, 2.45) is 0 Å². The number of nitrogens with zero attached hydrogens (tertiary/aromatic N) is 3. The smallest absolute Gasteiger partial charge is 0.344 e. The Morgan fingerprint density at radius 1 is 1.42 bits per heavy atom. The number of rotatable bonds is 2. The zero-order valence-electron chi connectivity index (χ0n) is 10.2. The van der Waals surface area contributed by atoms with Crippen molar-refractivity contribution in [2.45, 2.75) is 26.6 Å². The number of hydrogen-bond donors (Lipinski definition) is 1. The molecule has 0 bridgehead atoms. The highest BCUT2D eigenvalue weighted by molar-refractivity contribution is 5.81. The molecule has 102 valence electrons. The molecule has 8 heteroatoms. The van der Waals surface area contributed by atoms with E-state index in [0.29, 0.717) is 11.2 Å². The Balaban J connectivity index is 2.25. The molecule has 0 unspecified atom stereocenters. The molecular formula is C11H11F3N4O. The van der Waals surface area contributed by atoms with E-state index < -0.39 is 12.1 Å². The second-order valence-corrected chi connectivity index (χ2v) is 4.12. The van der Waals surface area contributed by atoms with Crippen LogP contribution in [0.4, 0.5) is 13.2 Å². The van der Waals surface area contributed by atoms with Crippen LogP contribution in [0.25, 0.3) is 5.65 Å². The van der Waals surface area contributed by atoms with Gasteiger partial charge in [-0.1, -0.05) is 0 Å². The average molecular weight is 272 g/mol. The summed E-state index contributed by atoms with van der Waals surface area (Å²) in [5, 5.41) is 5.82. The monoisotopic (exact) mass is 272 g/mol. The van der Waals surface area contributed by atoms with E-state index >= 15 is 0 Å². The molecule has 0 spiro atoms. The maximum absolute atomic E-state index is 12.1. The van der Waals surface area contributed by atoms with Crippen LogP contribution in [0.3, 0.4) is 0 Å². The van der Waals surface area contributed by atoms with Gasteiger partial charge in [-0.05, 0) is 19.9 Å². The maximum atomic E-state index is 12.1. The van der Waals surface area contributed by atoms with E-state index in [4.69, 9.17) is 0 Å². The molecule has 0 aliphatic carbocycles. The fourth-order valence-corrected chi connectivity index (χ4v) is 1.72. The van der Waals surface area contributed by atoms with Crippen LogP contribution in [0, 0.1) is 13.8 Å². The van der Waals surface area contributed by atoms with Gasteiger partial charge in [-0.3, -0.25) is 4.79 Å². The fourth-order valence-electron chi connectivity index (χ4n) is 1.72. The molecule has 0 saturated heterocycles. The lowest BCUT2D eigenvalue weighted by atomic mass is 10.3. The third-order valence-electron chi connectivity index (χ3n) is 2.55. The lowest BCUT2D eigenvalue weighted by Gasteiger charge is -2.07. The van der Waals surface area contributed by atoms with Crippen LogP contribution in [0.1, 0.15) is 17.0 Å². The van der Waals surface area contributed by atoms with Gasteiger partial charge in [0.15, 0.2) is 5.65 Å². The van der Waals surface area contributed by atoms with Crippen molar-refractivity contribution in [1.82, 2.24) is 19.9 Å². The molecule has 2 rings (SSSR count). The molecule has 0 aliphatic rings. The van der Waals surface area contributed by atoms with Gasteiger partial charge in [-0.2, -0.15) is 18.3 Å². The topological polar surface area (TPSA) is 59.3 Å². The summed E-state index contributed by atoms with van der Waals surface area (Å²) in [7, 11) is 0. The number of halogens is 3. The fraction of sp³-hybridized carbons (Fsp3) is 0.364. The van der Waals surface area contributed by atoms with Gasteiger partial charge < -0.3 is 5.32 Å². The summed E-state index contributed by atoms with van der Waals surface area (Å²) in [6.45, 7) is 3.32. The second kappa shape index (κ2) is 4.52. The quantitative estimate of drug-likeness (QED) is 0.901. The molecule has 19 heavy (non-hydrogen) atoms. The van der Waals surface area contributed by atoms with E-state index in [1.807, 2.05) is 6.92 Å². The number of fused-ring (bicyclic) bond motifs is 1. The molecule has 0 fully saturated rings. The van der Waals surface area contributed by atoms with E-state index in [1.165, 1.54) is 10.7 Å². The van der Waals surface area contributed by atoms with Crippen LogP contribution in [0.2, 0.25) is 0 Å². The standard InChI is InChI=1S/C11H11F3N4O/c1-6-3-7(2)18-9(17-6)8(5-16-18)4-15-10(19)11(12,13)14/h3,5H,4H2,1-2H3,(H,15,19). The number of hydrogen-bond acceptors (Lipinski definition) is 3. The summed E-state index contributed by atoms with van der Waals surface area (Å²) < 4.78 is 37.7. The minimum Gasteiger partial charge on any atom is -0.344 e. The first kappa shape index (κ1) is 13.3. The zero-order chi connectivity index (χ0) is 14.2. The summed E-state index contributed by atoms with van der Waals surface area (Å²) >= 11 is 0. The summed E-state index contributed by atoms with van der Waals surface area (Å²) in [6, 6.07) is 1.80. The molecule has 0 radical (unpaired) electrons. The minimum absolute atomic E-state index is 0.266. The molecule has 2 aromatic heterocycles. The van der Waals surface area contributed by atoms with Gasteiger partial charge in [0.05, 0.1) is 6.20 Å². The Kier molecular flexibility index (Phi) is 3.17. The highest BCUT2D eigenvalue weighted by Crippen LogP contribution is 2.16. The first-order valence-electron chi connectivity index (χ1n) is 5.45. The highest BCUT2D eigenvalue weighted by Gasteiger charge is 2.38. The van der Waals surface area contributed by atoms with E-state index in [9.17, 15) is 18.0 Å². The largest absolute Gasteiger partial charge is 0.471 e. The van der Waals surface area contributed by atoms with Gasteiger partial charge >= 0.3 is 12.1 Å². The third kappa shape index (κ3) is 2.67. The molecule has 2 aromatic rings. The van der Waals surface area contributed by atoms with Crippen LogP contribution in [0.5, 0.6) is 0 Å². The van der Waals surface area contributed by atoms with Crippen molar-refractivity contribution < 1.29 is 18.0 Å². The maximum Gasteiger partial charge on any atom is 0.471 e. The molecule has 0 aliphatic heterocycles. The van der Waals surface area contributed by atoms with Gasteiger partial charge in [0, 0.05) is 23.5 Å². The summed E-state index contributed by atoms with van der Waals surface area (Å²) in [5.74, 6) is -1.98. The van der Waals surface area contributed by atoms with E-state index in [1.54, 1.807) is 18.3 Å². The molecule has 1 amide bonds. The molecule has 1 N–H and O–H groups in total.